The zero-order chi connectivity index (χ0) is 15.0. The van der Waals surface area contributed by atoms with Gasteiger partial charge in [-0.1, -0.05) is 29.8 Å². The minimum absolute atomic E-state index is 0.222. The first-order valence-electron chi connectivity index (χ1n) is 7.81. The van der Waals surface area contributed by atoms with Crippen molar-refractivity contribution >= 4 is 23.2 Å². The lowest BCUT2D eigenvalue weighted by Crippen LogP contribution is -2.33. The topological polar surface area (TPSA) is 23.5 Å². The summed E-state index contributed by atoms with van der Waals surface area (Å²) in [5.74, 6) is 1.22. The molecule has 0 bridgehead atoms. The molecule has 1 saturated carbocycles. The van der Waals surface area contributed by atoms with Crippen molar-refractivity contribution in [3.05, 3.63) is 34.4 Å². The van der Waals surface area contributed by atoms with Crippen molar-refractivity contribution in [1.82, 2.24) is 4.90 Å². The van der Waals surface area contributed by atoms with Gasteiger partial charge in [0.1, 0.15) is 0 Å². The average Bonchev–Trinajstić information content (AvgIpc) is 3.25. The number of allylic oxidation sites excluding steroid dienone is 3. The van der Waals surface area contributed by atoms with Crippen LogP contribution in [0.15, 0.2) is 34.4 Å². The Bertz CT molecular complexity index is 497. The van der Waals surface area contributed by atoms with Crippen LogP contribution in [0.4, 0.5) is 0 Å². The van der Waals surface area contributed by atoms with E-state index < -0.39 is 6.10 Å². The molecule has 0 aliphatic heterocycles. The average molecular weight is 328 g/mol. The molecule has 3 aliphatic carbocycles. The maximum Gasteiger partial charge on any atom is 0.0913 e. The second kappa shape index (κ2) is 6.45. The summed E-state index contributed by atoms with van der Waals surface area (Å²) in [6, 6.07) is 0. The number of halogens is 2. The molecule has 116 valence electrons. The third-order valence-corrected chi connectivity index (χ3v) is 5.68. The summed E-state index contributed by atoms with van der Waals surface area (Å²) < 4.78 is 0. The highest BCUT2D eigenvalue weighted by Gasteiger charge is 2.48. The number of alkyl halides is 1. The zero-order valence-corrected chi connectivity index (χ0v) is 13.9. The van der Waals surface area contributed by atoms with Gasteiger partial charge in [-0.15, -0.1) is 11.6 Å². The molecule has 0 aromatic carbocycles. The fraction of sp³-hybridized carbons (Fsp3) is 0.647. The highest BCUT2D eigenvalue weighted by Crippen LogP contribution is 2.55. The van der Waals surface area contributed by atoms with Gasteiger partial charge >= 0.3 is 0 Å². The van der Waals surface area contributed by atoms with E-state index in [1.165, 1.54) is 12.0 Å². The molecule has 1 N–H and O–H groups in total. The largest absolute Gasteiger partial charge is 0.387 e. The van der Waals surface area contributed by atoms with Gasteiger partial charge in [0.2, 0.25) is 0 Å². The molecule has 21 heavy (non-hydrogen) atoms. The Kier molecular flexibility index (Phi) is 4.80. The molecule has 4 unspecified atom stereocenters. The van der Waals surface area contributed by atoms with E-state index in [0.717, 1.165) is 36.4 Å². The highest BCUT2D eigenvalue weighted by molar-refractivity contribution is 6.31. The zero-order valence-electron chi connectivity index (χ0n) is 12.4. The molecule has 0 aromatic heterocycles. The number of aliphatic hydroxyl groups excluding tert-OH is 1. The number of rotatable bonds is 5. The molecule has 0 saturated heterocycles. The van der Waals surface area contributed by atoms with Gasteiger partial charge in [0, 0.05) is 23.5 Å². The van der Waals surface area contributed by atoms with E-state index in [2.05, 4.69) is 24.1 Å². The first-order chi connectivity index (χ1) is 10.1. The summed E-state index contributed by atoms with van der Waals surface area (Å²) in [5, 5.41) is 11.5. The number of nitrogens with zero attached hydrogens (tertiary/aromatic N) is 1. The second-order valence-corrected chi connectivity index (χ2v) is 7.57. The Labute approximate surface area is 137 Å². The molecule has 4 atom stereocenters. The summed E-state index contributed by atoms with van der Waals surface area (Å²) in [5.41, 5.74) is 2.39. The first kappa shape index (κ1) is 15.6. The van der Waals surface area contributed by atoms with Crippen LogP contribution in [-0.2, 0) is 0 Å². The number of likely N-dealkylation sites (N-methyl/N-ethyl adjacent to an activating group) is 1. The lowest BCUT2D eigenvalue weighted by molar-refractivity contribution is 0.161. The van der Waals surface area contributed by atoms with Crippen molar-refractivity contribution in [2.24, 2.45) is 11.8 Å². The van der Waals surface area contributed by atoms with Crippen molar-refractivity contribution in [2.45, 2.75) is 37.2 Å². The summed E-state index contributed by atoms with van der Waals surface area (Å²) in [6.07, 6.45) is 10.0. The van der Waals surface area contributed by atoms with E-state index >= 15 is 0 Å². The summed E-state index contributed by atoms with van der Waals surface area (Å²) in [4.78, 5) is 2.18. The minimum Gasteiger partial charge on any atom is -0.387 e. The molecular weight excluding hydrogens is 305 g/mol. The lowest BCUT2D eigenvalue weighted by atomic mass is 9.98. The third kappa shape index (κ3) is 3.56. The van der Waals surface area contributed by atoms with Gasteiger partial charge in [-0.05, 0) is 55.7 Å². The molecule has 3 aliphatic rings. The molecule has 3 rings (SSSR count). The van der Waals surface area contributed by atoms with Gasteiger partial charge in [0.05, 0.1) is 6.10 Å². The normalized spacial score (nSPS) is 33.0. The molecule has 2 nitrogen and oxygen atoms in total. The summed E-state index contributed by atoms with van der Waals surface area (Å²) in [6.45, 7) is 1.49. The summed E-state index contributed by atoms with van der Waals surface area (Å²) >= 11 is 12.7. The predicted molar refractivity (Wildman–Crippen MR) is 88.7 cm³/mol. The van der Waals surface area contributed by atoms with Crippen LogP contribution in [0.5, 0.6) is 0 Å². The molecule has 0 aromatic rings. The van der Waals surface area contributed by atoms with Crippen molar-refractivity contribution in [3.63, 3.8) is 0 Å². The smallest absolute Gasteiger partial charge is 0.0913 e. The molecule has 0 heterocycles. The van der Waals surface area contributed by atoms with Crippen molar-refractivity contribution in [1.29, 1.82) is 0 Å². The Morgan fingerprint density at radius 1 is 1.43 bits per heavy atom. The lowest BCUT2D eigenvalue weighted by Gasteiger charge is -2.26. The number of fused-ring (bicyclic) bond motifs is 1. The van der Waals surface area contributed by atoms with Crippen LogP contribution in [0.25, 0.3) is 0 Å². The number of hydrogen-bond acceptors (Lipinski definition) is 2. The fourth-order valence-electron chi connectivity index (χ4n) is 3.51. The molecule has 4 heteroatoms. The van der Waals surface area contributed by atoms with Crippen LogP contribution in [0.2, 0.25) is 0 Å². The van der Waals surface area contributed by atoms with E-state index in [1.807, 2.05) is 6.08 Å². The maximum atomic E-state index is 10.3. The maximum absolute atomic E-state index is 10.3. The van der Waals surface area contributed by atoms with Gasteiger partial charge in [0.25, 0.3) is 0 Å². The monoisotopic (exact) mass is 327 g/mol. The number of aliphatic hydroxyl groups is 1. The molecular formula is C17H23Cl2NO. The second-order valence-electron chi connectivity index (χ2n) is 6.55. The first-order valence-corrected chi connectivity index (χ1v) is 8.62. The van der Waals surface area contributed by atoms with Gasteiger partial charge in [-0.25, -0.2) is 0 Å². The van der Waals surface area contributed by atoms with Crippen molar-refractivity contribution < 1.29 is 5.11 Å². The van der Waals surface area contributed by atoms with E-state index in [-0.39, 0.29) is 5.38 Å². The highest BCUT2D eigenvalue weighted by atomic mass is 35.5. The van der Waals surface area contributed by atoms with Crippen molar-refractivity contribution in [2.75, 3.05) is 20.1 Å². The molecule has 1 fully saturated rings. The van der Waals surface area contributed by atoms with Gasteiger partial charge in [0.15, 0.2) is 0 Å². The van der Waals surface area contributed by atoms with E-state index in [1.54, 1.807) is 0 Å². The quantitative estimate of drug-likeness (QED) is 0.778. The third-order valence-electron chi connectivity index (χ3n) is 4.81. The Morgan fingerprint density at radius 2 is 2.24 bits per heavy atom. The standard InChI is InChI=1S/C17H23Cl2NO/c1-20(10-17(21)11-5-3-2-4-6-11)9-14-12-7-13(12)15(18)8-16(14)19/h3,5-6,12-13,15,17,21H,2,4,7-10H2,1H3. The van der Waals surface area contributed by atoms with Crippen molar-refractivity contribution in [3.8, 4) is 0 Å². The van der Waals surface area contributed by atoms with Gasteiger partial charge < -0.3 is 5.11 Å². The SMILES string of the molecule is CN(CC1=C(Cl)CC(Cl)C2CC12)CC(O)C1=CCCC=C1. The summed E-state index contributed by atoms with van der Waals surface area (Å²) in [7, 11) is 2.05. The van der Waals surface area contributed by atoms with E-state index in [0.29, 0.717) is 18.4 Å². The molecule has 0 radical (unpaired) electrons. The van der Waals surface area contributed by atoms with Crippen LogP contribution in [0, 0.1) is 11.8 Å². The van der Waals surface area contributed by atoms with E-state index in [4.69, 9.17) is 23.2 Å². The molecule has 0 spiro atoms. The van der Waals surface area contributed by atoms with Gasteiger partial charge in [-0.2, -0.15) is 0 Å². The van der Waals surface area contributed by atoms with E-state index in [9.17, 15) is 5.11 Å². The van der Waals surface area contributed by atoms with Crippen LogP contribution >= 0.6 is 23.2 Å². The van der Waals surface area contributed by atoms with Crippen LogP contribution in [0.3, 0.4) is 0 Å². The van der Waals surface area contributed by atoms with Gasteiger partial charge in [-0.3, -0.25) is 4.90 Å². The van der Waals surface area contributed by atoms with Crippen LogP contribution in [0.1, 0.15) is 25.7 Å². The Hall–Kier alpha value is -0.280. The Balaban J connectivity index is 1.57. The Morgan fingerprint density at radius 3 is 2.95 bits per heavy atom. The minimum atomic E-state index is -0.412. The van der Waals surface area contributed by atoms with Crippen LogP contribution < -0.4 is 0 Å². The predicted octanol–water partition coefficient (Wildman–Crippen LogP) is 3.70. The fourth-order valence-corrected chi connectivity index (χ4v) is 4.39. The molecule has 0 amide bonds. The van der Waals surface area contributed by atoms with Crippen LogP contribution in [-0.4, -0.2) is 41.6 Å². The number of hydrogen-bond donors (Lipinski definition) is 1.